The molecule has 1 N–H and O–H groups in total. The summed E-state index contributed by atoms with van der Waals surface area (Å²) >= 11 is 0. The van der Waals surface area contributed by atoms with Gasteiger partial charge in [-0.25, -0.2) is 0 Å². The van der Waals surface area contributed by atoms with Crippen molar-refractivity contribution >= 4 is 0 Å². The predicted octanol–water partition coefficient (Wildman–Crippen LogP) is 2.94. The maximum Gasteiger partial charge on any atom is 0.119 e. The van der Waals surface area contributed by atoms with Gasteiger partial charge in [-0.15, -0.1) is 0 Å². The van der Waals surface area contributed by atoms with Crippen LogP contribution in [0.3, 0.4) is 0 Å². The van der Waals surface area contributed by atoms with Crippen LogP contribution in [0.4, 0.5) is 0 Å². The SMILES string of the molecule is CCOc1ccc(C2CCC(NC)C2)cc1. The van der Waals surface area contributed by atoms with E-state index in [0.717, 1.165) is 18.3 Å². The molecule has 1 saturated carbocycles. The highest BCUT2D eigenvalue weighted by Gasteiger charge is 2.24. The number of hydrogen-bond acceptors (Lipinski definition) is 2. The number of ether oxygens (including phenoxy) is 1. The number of rotatable bonds is 4. The van der Waals surface area contributed by atoms with Crippen molar-refractivity contribution in [2.24, 2.45) is 0 Å². The van der Waals surface area contributed by atoms with Crippen LogP contribution in [-0.4, -0.2) is 19.7 Å². The van der Waals surface area contributed by atoms with Crippen molar-refractivity contribution in [2.45, 2.75) is 38.1 Å². The Hall–Kier alpha value is -1.02. The van der Waals surface area contributed by atoms with E-state index >= 15 is 0 Å². The van der Waals surface area contributed by atoms with E-state index in [2.05, 4.69) is 36.6 Å². The number of hydrogen-bond donors (Lipinski definition) is 1. The molecule has 1 aliphatic rings. The largest absolute Gasteiger partial charge is 0.494 e. The lowest BCUT2D eigenvalue weighted by Crippen LogP contribution is -2.21. The Bertz CT molecular complexity index is 320. The van der Waals surface area contributed by atoms with Crippen LogP contribution in [0, 0.1) is 0 Å². The minimum Gasteiger partial charge on any atom is -0.494 e. The molecule has 0 spiro atoms. The van der Waals surface area contributed by atoms with Crippen LogP contribution in [0.15, 0.2) is 24.3 Å². The Labute approximate surface area is 98.0 Å². The molecule has 0 amide bonds. The molecule has 2 rings (SSSR count). The summed E-state index contributed by atoms with van der Waals surface area (Å²) in [6, 6.07) is 9.31. The molecule has 2 nitrogen and oxygen atoms in total. The van der Waals surface area contributed by atoms with Gasteiger partial charge in [0, 0.05) is 6.04 Å². The van der Waals surface area contributed by atoms with Gasteiger partial charge < -0.3 is 10.1 Å². The molecule has 1 aromatic carbocycles. The highest BCUT2D eigenvalue weighted by Crippen LogP contribution is 2.34. The van der Waals surface area contributed by atoms with Crippen molar-refractivity contribution in [3.63, 3.8) is 0 Å². The fraction of sp³-hybridized carbons (Fsp3) is 0.571. The molecule has 2 atom stereocenters. The van der Waals surface area contributed by atoms with E-state index in [0.29, 0.717) is 6.04 Å². The van der Waals surface area contributed by atoms with E-state index in [1.807, 2.05) is 6.92 Å². The van der Waals surface area contributed by atoms with Gasteiger partial charge in [0.15, 0.2) is 0 Å². The van der Waals surface area contributed by atoms with Crippen LogP contribution in [0.25, 0.3) is 0 Å². The topological polar surface area (TPSA) is 21.3 Å². The molecule has 0 heterocycles. The Morgan fingerprint density at radius 1 is 1.25 bits per heavy atom. The average molecular weight is 219 g/mol. The molecule has 1 aliphatic carbocycles. The summed E-state index contributed by atoms with van der Waals surface area (Å²) in [5.74, 6) is 1.71. The Morgan fingerprint density at radius 2 is 2.00 bits per heavy atom. The minimum absolute atomic E-state index is 0.705. The summed E-state index contributed by atoms with van der Waals surface area (Å²) in [4.78, 5) is 0. The second kappa shape index (κ2) is 5.35. The first-order valence-electron chi connectivity index (χ1n) is 6.23. The summed E-state index contributed by atoms with van der Waals surface area (Å²) < 4.78 is 5.45. The van der Waals surface area contributed by atoms with Gasteiger partial charge in [-0.3, -0.25) is 0 Å². The van der Waals surface area contributed by atoms with E-state index in [9.17, 15) is 0 Å². The van der Waals surface area contributed by atoms with Crippen LogP contribution in [0.1, 0.15) is 37.7 Å². The lowest BCUT2D eigenvalue weighted by Gasteiger charge is -2.12. The monoisotopic (exact) mass is 219 g/mol. The predicted molar refractivity (Wildman–Crippen MR) is 67.1 cm³/mol. The Morgan fingerprint density at radius 3 is 2.56 bits per heavy atom. The van der Waals surface area contributed by atoms with Crippen molar-refractivity contribution in [3.8, 4) is 5.75 Å². The maximum atomic E-state index is 5.45. The zero-order chi connectivity index (χ0) is 11.4. The summed E-state index contributed by atoms with van der Waals surface area (Å²) in [5.41, 5.74) is 1.46. The Balaban J connectivity index is 1.99. The molecular formula is C14H21NO. The zero-order valence-corrected chi connectivity index (χ0v) is 10.2. The quantitative estimate of drug-likeness (QED) is 0.840. The molecule has 1 fully saturated rings. The van der Waals surface area contributed by atoms with Crippen LogP contribution in [0.5, 0.6) is 5.75 Å². The van der Waals surface area contributed by atoms with E-state index in [1.54, 1.807) is 0 Å². The molecule has 16 heavy (non-hydrogen) atoms. The molecule has 2 unspecified atom stereocenters. The summed E-state index contributed by atoms with van der Waals surface area (Å²) in [5, 5.41) is 3.37. The van der Waals surface area contributed by atoms with Crippen LogP contribution < -0.4 is 10.1 Å². The van der Waals surface area contributed by atoms with Gasteiger partial charge in [-0.05, 0) is 56.8 Å². The third kappa shape index (κ3) is 2.56. The Kier molecular flexibility index (Phi) is 3.83. The van der Waals surface area contributed by atoms with E-state index < -0.39 is 0 Å². The highest BCUT2D eigenvalue weighted by atomic mass is 16.5. The number of benzene rings is 1. The second-order valence-corrected chi connectivity index (χ2v) is 4.50. The molecular weight excluding hydrogens is 198 g/mol. The van der Waals surface area contributed by atoms with E-state index in [-0.39, 0.29) is 0 Å². The second-order valence-electron chi connectivity index (χ2n) is 4.50. The molecule has 0 radical (unpaired) electrons. The van der Waals surface area contributed by atoms with Crippen molar-refractivity contribution in [1.29, 1.82) is 0 Å². The van der Waals surface area contributed by atoms with Gasteiger partial charge in [0.05, 0.1) is 6.61 Å². The van der Waals surface area contributed by atoms with E-state index in [1.165, 1.54) is 24.8 Å². The lowest BCUT2D eigenvalue weighted by molar-refractivity contribution is 0.340. The fourth-order valence-electron chi connectivity index (χ4n) is 2.55. The summed E-state index contributed by atoms with van der Waals surface area (Å²) in [7, 11) is 2.06. The first-order chi connectivity index (χ1) is 7.83. The van der Waals surface area contributed by atoms with Crippen molar-refractivity contribution in [1.82, 2.24) is 5.32 Å². The van der Waals surface area contributed by atoms with Gasteiger partial charge >= 0.3 is 0 Å². The third-order valence-electron chi connectivity index (χ3n) is 3.50. The van der Waals surface area contributed by atoms with Gasteiger partial charge in [0.25, 0.3) is 0 Å². The van der Waals surface area contributed by atoms with Gasteiger partial charge in [0.2, 0.25) is 0 Å². The zero-order valence-electron chi connectivity index (χ0n) is 10.2. The molecule has 2 heteroatoms. The fourth-order valence-corrected chi connectivity index (χ4v) is 2.55. The van der Waals surface area contributed by atoms with Gasteiger partial charge in [-0.1, -0.05) is 12.1 Å². The highest BCUT2D eigenvalue weighted by molar-refractivity contribution is 5.30. The number of nitrogens with one attached hydrogen (secondary N) is 1. The van der Waals surface area contributed by atoms with E-state index in [4.69, 9.17) is 4.74 Å². The standard InChI is InChI=1S/C14H21NO/c1-3-16-14-8-5-11(6-9-14)12-4-7-13(10-12)15-2/h5-6,8-9,12-13,15H,3-4,7,10H2,1-2H3. The van der Waals surface area contributed by atoms with Gasteiger partial charge in [-0.2, -0.15) is 0 Å². The van der Waals surface area contributed by atoms with Crippen LogP contribution >= 0.6 is 0 Å². The van der Waals surface area contributed by atoms with Crippen molar-refractivity contribution in [3.05, 3.63) is 29.8 Å². The molecule has 0 aliphatic heterocycles. The normalized spacial score (nSPS) is 24.6. The molecule has 0 saturated heterocycles. The average Bonchev–Trinajstić information content (AvgIpc) is 2.79. The van der Waals surface area contributed by atoms with Crippen molar-refractivity contribution < 1.29 is 4.74 Å². The summed E-state index contributed by atoms with van der Waals surface area (Å²) in [6.07, 6.45) is 3.87. The lowest BCUT2D eigenvalue weighted by atomic mass is 9.97. The maximum absolute atomic E-state index is 5.45. The first kappa shape index (κ1) is 11.5. The smallest absolute Gasteiger partial charge is 0.119 e. The minimum atomic E-state index is 0.705. The summed E-state index contributed by atoms with van der Waals surface area (Å²) in [6.45, 7) is 2.76. The molecule has 88 valence electrons. The van der Waals surface area contributed by atoms with Crippen LogP contribution in [0.2, 0.25) is 0 Å². The third-order valence-corrected chi connectivity index (χ3v) is 3.50. The first-order valence-corrected chi connectivity index (χ1v) is 6.23. The van der Waals surface area contributed by atoms with Crippen LogP contribution in [-0.2, 0) is 0 Å². The van der Waals surface area contributed by atoms with Gasteiger partial charge in [0.1, 0.15) is 5.75 Å². The van der Waals surface area contributed by atoms with Crippen molar-refractivity contribution in [2.75, 3.05) is 13.7 Å². The molecule has 0 bridgehead atoms. The molecule has 0 aromatic heterocycles. The molecule has 1 aromatic rings.